The normalized spacial score (nSPS) is 11.7. The first kappa shape index (κ1) is 46.6. The molecular weight excluding hydrogens is 1000 g/mol. The number of fused-ring (bicyclic) bond motifs is 11. The maximum Gasteiger partial charge on any atom is 0.0547 e. The Morgan fingerprint density at radius 3 is 1.40 bits per heavy atom. The van der Waals surface area contributed by atoms with Gasteiger partial charge in [-0.2, -0.15) is 0 Å². The Bertz CT molecular complexity index is 5030. The fraction of sp³-hybridized carbons (Fsp3) is 0. The van der Waals surface area contributed by atoms with E-state index in [-0.39, 0.29) is 0 Å². The molecule has 0 aliphatic heterocycles. The van der Waals surface area contributed by atoms with Crippen LogP contribution in [0.3, 0.4) is 0 Å². The number of nitrogens with zero attached hydrogens (tertiary/aromatic N) is 4. The van der Waals surface area contributed by atoms with E-state index in [0.29, 0.717) is 0 Å². The van der Waals surface area contributed by atoms with Gasteiger partial charge in [0.05, 0.1) is 22.1 Å². The van der Waals surface area contributed by atoms with E-state index in [1.54, 1.807) is 0 Å². The maximum atomic E-state index is 2.46. The van der Waals surface area contributed by atoms with Gasteiger partial charge in [-0.05, 0) is 173 Å². The molecule has 0 atom stereocenters. The predicted molar refractivity (Wildman–Crippen MR) is 346 cm³/mol. The van der Waals surface area contributed by atoms with Crippen LogP contribution >= 0.6 is 11.3 Å². The maximum absolute atomic E-state index is 2.46. The van der Waals surface area contributed by atoms with Crippen LogP contribution in [0.15, 0.2) is 303 Å². The first-order chi connectivity index (χ1) is 40.2. The Kier molecular flexibility index (Phi) is 11.0. The Morgan fingerprint density at radius 2 is 0.716 bits per heavy atom. The number of para-hydroxylation sites is 5. The number of anilines is 6. The van der Waals surface area contributed by atoms with Crippen molar-refractivity contribution in [2.24, 2.45) is 0 Å². The number of benzene rings is 13. The summed E-state index contributed by atoms with van der Waals surface area (Å²) in [5.41, 5.74) is 17.9. The van der Waals surface area contributed by atoms with Gasteiger partial charge >= 0.3 is 0 Å². The van der Waals surface area contributed by atoms with Gasteiger partial charge in [-0.25, -0.2) is 0 Å². The molecule has 13 aromatic carbocycles. The lowest BCUT2D eigenvalue weighted by Crippen LogP contribution is -2.13. The van der Waals surface area contributed by atoms with Gasteiger partial charge in [-0.3, -0.25) is 0 Å². The standard InChI is InChI=1S/C76H50N4S/c1-6-20-51(21-7-1)52-34-38-60(39-35-52)77(56-22-8-2-9-23-56)62-44-55(45-63(48-62)78(57-24-10-3-11-25-57)61-40-42-72-69(49-61)64-30-16-18-32-70(64)79(72)58-26-12-4-13-27-58)53-36-41-71-67(46-53)68-47-54-37-43-75-76(65-31-17-19-33-74(65)81-75)66(54)50-73(68)80(71)59-28-14-5-15-29-59/h1-50H. The van der Waals surface area contributed by atoms with Gasteiger partial charge in [-0.1, -0.05) is 164 Å². The third-order valence-corrected chi connectivity index (χ3v) is 17.3. The molecule has 0 saturated carbocycles. The van der Waals surface area contributed by atoms with Crippen molar-refractivity contribution in [1.82, 2.24) is 9.13 Å². The van der Waals surface area contributed by atoms with Crippen LogP contribution in [0.4, 0.5) is 34.1 Å². The van der Waals surface area contributed by atoms with E-state index in [4.69, 9.17) is 0 Å². The molecule has 0 radical (unpaired) electrons. The zero-order valence-electron chi connectivity index (χ0n) is 44.1. The number of hydrogen-bond donors (Lipinski definition) is 0. The van der Waals surface area contributed by atoms with E-state index >= 15 is 0 Å². The van der Waals surface area contributed by atoms with Gasteiger partial charge in [-0.15, -0.1) is 11.3 Å². The van der Waals surface area contributed by atoms with Crippen LogP contribution in [-0.2, 0) is 0 Å². The highest BCUT2D eigenvalue weighted by atomic mass is 32.1. The van der Waals surface area contributed by atoms with Crippen molar-refractivity contribution >= 4 is 120 Å². The first-order valence-electron chi connectivity index (χ1n) is 27.6. The summed E-state index contributed by atoms with van der Waals surface area (Å²) in [6, 6.07) is 111. The zero-order chi connectivity index (χ0) is 53.4. The van der Waals surface area contributed by atoms with Crippen molar-refractivity contribution in [3.05, 3.63) is 303 Å². The minimum absolute atomic E-state index is 1.03. The molecule has 5 heteroatoms. The van der Waals surface area contributed by atoms with Crippen molar-refractivity contribution in [1.29, 1.82) is 0 Å². The van der Waals surface area contributed by atoms with Crippen molar-refractivity contribution in [3.63, 3.8) is 0 Å². The molecule has 0 aliphatic rings. The molecule has 0 aliphatic carbocycles. The van der Waals surface area contributed by atoms with E-state index < -0.39 is 0 Å². The molecule has 16 aromatic rings. The molecule has 0 spiro atoms. The summed E-state index contributed by atoms with van der Waals surface area (Å²) in [5.74, 6) is 0. The van der Waals surface area contributed by atoms with E-state index in [9.17, 15) is 0 Å². The van der Waals surface area contributed by atoms with E-state index in [1.807, 2.05) is 11.3 Å². The summed E-state index contributed by atoms with van der Waals surface area (Å²) in [7, 11) is 0. The minimum Gasteiger partial charge on any atom is -0.310 e. The fourth-order valence-corrected chi connectivity index (χ4v) is 13.7. The molecule has 3 heterocycles. The number of rotatable bonds is 10. The molecule has 0 N–H and O–H groups in total. The lowest BCUT2D eigenvalue weighted by Gasteiger charge is -2.30. The number of thiophene rings is 1. The second-order valence-electron chi connectivity index (χ2n) is 20.9. The van der Waals surface area contributed by atoms with Gasteiger partial charge < -0.3 is 18.9 Å². The van der Waals surface area contributed by atoms with Crippen molar-refractivity contribution in [2.75, 3.05) is 9.80 Å². The number of hydrogen-bond acceptors (Lipinski definition) is 3. The van der Waals surface area contributed by atoms with Gasteiger partial charge in [0.2, 0.25) is 0 Å². The average Bonchev–Trinajstić information content (AvgIpc) is 4.31. The highest BCUT2D eigenvalue weighted by molar-refractivity contribution is 7.26. The van der Waals surface area contributed by atoms with Crippen LogP contribution in [0, 0.1) is 0 Å². The van der Waals surface area contributed by atoms with Gasteiger partial charge in [0.1, 0.15) is 0 Å². The topological polar surface area (TPSA) is 16.3 Å². The summed E-state index contributed by atoms with van der Waals surface area (Å²) in [5, 5.41) is 9.96. The Balaban J connectivity index is 0.948. The highest BCUT2D eigenvalue weighted by Crippen LogP contribution is 2.47. The number of aromatic nitrogens is 2. The first-order valence-corrected chi connectivity index (χ1v) is 28.5. The Morgan fingerprint density at radius 1 is 0.235 bits per heavy atom. The predicted octanol–water partition coefficient (Wildman–Crippen LogP) is 21.7. The van der Waals surface area contributed by atoms with E-state index in [2.05, 4.69) is 322 Å². The van der Waals surface area contributed by atoms with Crippen LogP contribution in [-0.4, -0.2) is 9.13 Å². The fourth-order valence-electron chi connectivity index (χ4n) is 12.6. The molecule has 0 bridgehead atoms. The average molecular weight is 1050 g/mol. The van der Waals surface area contributed by atoms with Crippen LogP contribution in [0.2, 0.25) is 0 Å². The third kappa shape index (κ3) is 7.89. The van der Waals surface area contributed by atoms with E-state index in [1.165, 1.54) is 74.6 Å². The van der Waals surface area contributed by atoms with Crippen LogP contribution < -0.4 is 9.80 Å². The smallest absolute Gasteiger partial charge is 0.0547 e. The van der Waals surface area contributed by atoms with Gasteiger partial charge in [0.25, 0.3) is 0 Å². The van der Waals surface area contributed by atoms with Crippen molar-refractivity contribution in [2.45, 2.75) is 0 Å². The molecule has 3 aromatic heterocycles. The summed E-state index contributed by atoms with van der Waals surface area (Å²) < 4.78 is 7.47. The monoisotopic (exact) mass is 1050 g/mol. The summed E-state index contributed by atoms with van der Waals surface area (Å²) >= 11 is 1.87. The van der Waals surface area contributed by atoms with Gasteiger partial charge in [0.15, 0.2) is 0 Å². The van der Waals surface area contributed by atoms with Crippen LogP contribution in [0.1, 0.15) is 0 Å². The second-order valence-corrected chi connectivity index (χ2v) is 22.0. The summed E-state index contributed by atoms with van der Waals surface area (Å²) in [6.45, 7) is 0. The molecule has 81 heavy (non-hydrogen) atoms. The quantitative estimate of drug-likeness (QED) is 0.136. The molecule has 0 saturated heterocycles. The van der Waals surface area contributed by atoms with Crippen molar-refractivity contribution < 1.29 is 0 Å². The van der Waals surface area contributed by atoms with Crippen LogP contribution in [0.5, 0.6) is 0 Å². The molecule has 0 fully saturated rings. The SMILES string of the molecule is c1ccc(-c2ccc(N(c3ccccc3)c3cc(-c4ccc5c(c4)c4cc6ccc7sc8ccccc8c7c6cc4n5-c4ccccc4)cc(N(c4ccccc4)c4ccc5c(c4)c4ccccc4n5-c4ccccc4)c3)cc2)cc1. The highest BCUT2D eigenvalue weighted by Gasteiger charge is 2.23. The Labute approximate surface area is 473 Å². The molecule has 380 valence electrons. The van der Waals surface area contributed by atoms with E-state index in [0.717, 1.165) is 67.7 Å². The zero-order valence-corrected chi connectivity index (χ0v) is 44.9. The molecule has 4 nitrogen and oxygen atoms in total. The van der Waals surface area contributed by atoms with Crippen LogP contribution in [0.25, 0.3) is 108 Å². The molecule has 0 amide bonds. The third-order valence-electron chi connectivity index (χ3n) is 16.2. The summed E-state index contributed by atoms with van der Waals surface area (Å²) in [6.07, 6.45) is 0. The Hall–Kier alpha value is -10.5. The largest absolute Gasteiger partial charge is 0.310 e. The lowest BCUT2D eigenvalue weighted by molar-refractivity contribution is 1.18. The lowest BCUT2D eigenvalue weighted by atomic mass is 9.98. The molecule has 0 unspecified atom stereocenters. The summed E-state index contributed by atoms with van der Waals surface area (Å²) in [4.78, 5) is 4.84. The molecular formula is C76H50N4S. The second kappa shape index (κ2) is 19.2. The van der Waals surface area contributed by atoms with Gasteiger partial charge in [0, 0.05) is 87.2 Å². The van der Waals surface area contributed by atoms with Crippen molar-refractivity contribution in [3.8, 4) is 33.6 Å². The molecule has 16 rings (SSSR count). The minimum atomic E-state index is 1.03.